The first-order valence-electron chi connectivity index (χ1n) is 8.70. The number of hydrogen-bond donors (Lipinski definition) is 2. The van der Waals surface area contributed by atoms with Crippen LogP contribution in [0.2, 0.25) is 0 Å². The fourth-order valence-electron chi connectivity index (χ4n) is 3.29. The molecule has 8 nitrogen and oxygen atoms in total. The predicted octanol–water partition coefficient (Wildman–Crippen LogP) is 2.41. The first-order valence-corrected chi connectivity index (χ1v) is 8.70. The molecule has 26 heavy (non-hydrogen) atoms. The number of aromatic nitrogens is 2. The van der Waals surface area contributed by atoms with E-state index in [-0.39, 0.29) is 18.2 Å². The number of rotatable bonds is 5. The third-order valence-electron chi connectivity index (χ3n) is 4.79. The molecule has 1 fully saturated rings. The van der Waals surface area contributed by atoms with Crippen molar-refractivity contribution in [1.82, 2.24) is 15.5 Å². The largest absolute Gasteiger partial charge is 0.481 e. The fourth-order valence-corrected chi connectivity index (χ4v) is 3.29. The van der Waals surface area contributed by atoms with Crippen LogP contribution in [0, 0.1) is 6.92 Å². The standard InChI is InChI=1S/C18H23N3O5/c1-10(2)13-8-12(15-11(3)21-26-17(15)19-13)16(24)20-18(9-14(22)23)4-6-25-7-5-18/h8,10H,4-7,9H2,1-3H3,(H,20,24)(H,22,23). The summed E-state index contributed by atoms with van der Waals surface area (Å²) in [5.41, 5.74) is 1.21. The zero-order valence-corrected chi connectivity index (χ0v) is 15.2. The molecule has 0 spiro atoms. The smallest absolute Gasteiger partial charge is 0.305 e. The summed E-state index contributed by atoms with van der Waals surface area (Å²) in [7, 11) is 0. The van der Waals surface area contributed by atoms with Gasteiger partial charge < -0.3 is 19.7 Å². The second-order valence-corrected chi connectivity index (χ2v) is 7.11. The minimum absolute atomic E-state index is 0.104. The van der Waals surface area contributed by atoms with Gasteiger partial charge in [-0.25, -0.2) is 4.98 Å². The topological polar surface area (TPSA) is 115 Å². The van der Waals surface area contributed by atoms with Crippen molar-refractivity contribution in [3.05, 3.63) is 23.0 Å². The minimum Gasteiger partial charge on any atom is -0.481 e. The lowest BCUT2D eigenvalue weighted by Gasteiger charge is -2.36. The highest BCUT2D eigenvalue weighted by Crippen LogP contribution is 2.28. The summed E-state index contributed by atoms with van der Waals surface area (Å²) < 4.78 is 10.6. The number of aliphatic carboxylic acids is 1. The molecule has 1 aliphatic heterocycles. The molecule has 0 saturated carbocycles. The van der Waals surface area contributed by atoms with Gasteiger partial charge in [0.2, 0.25) is 0 Å². The Labute approximate surface area is 150 Å². The molecule has 2 N–H and O–H groups in total. The second kappa shape index (κ2) is 7.03. The van der Waals surface area contributed by atoms with Crippen molar-refractivity contribution < 1.29 is 24.0 Å². The number of ether oxygens (including phenoxy) is 1. The van der Waals surface area contributed by atoms with Crippen molar-refractivity contribution in [2.45, 2.75) is 51.5 Å². The fraction of sp³-hybridized carbons (Fsp3) is 0.556. The molecule has 3 rings (SSSR count). The Hall–Kier alpha value is -2.48. The van der Waals surface area contributed by atoms with E-state index in [9.17, 15) is 14.7 Å². The number of aryl methyl sites for hydroxylation is 1. The normalized spacial score (nSPS) is 16.8. The van der Waals surface area contributed by atoms with Crippen LogP contribution in [0.15, 0.2) is 10.6 Å². The van der Waals surface area contributed by atoms with E-state index in [1.54, 1.807) is 13.0 Å². The van der Waals surface area contributed by atoms with Gasteiger partial charge in [0.25, 0.3) is 11.6 Å². The van der Waals surface area contributed by atoms with Crippen molar-refractivity contribution in [3.63, 3.8) is 0 Å². The van der Waals surface area contributed by atoms with Crippen molar-refractivity contribution in [3.8, 4) is 0 Å². The van der Waals surface area contributed by atoms with Gasteiger partial charge in [-0.15, -0.1) is 0 Å². The van der Waals surface area contributed by atoms with Crippen LogP contribution in [0.25, 0.3) is 11.1 Å². The number of pyridine rings is 1. The predicted molar refractivity (Wildman–Crippen MR) is 93.1 cm³/mol. The lowest BCUT2D eigenvalue weighted by atomic mass is 9.86. The lowest BCUT2D eigenvalue weighted by Crippen LogP contribution is -2.53. The van der Waals surface area contributed by atoms with Crippen molar-refractivity contribution in [1.29, 1.82) is 0 Å². The van der Waals surface area contributed by atoms with Gasteiger partial charge in [-0.3, -0.25) is 9.59 Å². The van der Waals surface area contributed by atoms with Crippen LogP contribution >= 0.6 is 0 Å². The van der Waals surface area contributed by atoms with Crippen LogP contribution < -0.4 is 5.32 Å². The molecule has 0 radical (unpaired) electrons. The van der Waals surface area contributed by atoms with Crippen molar-refractivity contribution in [2.24, 2.45) is 0 Å². The van der Waals surface area contributed by atoms with Crippen LogP contribution in [-0.2, 0) is 9.53 Å². The van der Waals surface area contributed by atoms with Gasteiger partial charge in [0, 0.05) is 18.9 Å². The number of nitrogens with one attached hydrogen (secondary N) is 1. The zero-order valence-electron chi connectivity index (χ0n) is 15.2. The number of carboxylic acids is 1. The number of carbonyl (C=O) groups excluding carboxylic acids is 1. The van der Waals surface area contributed by atoms with Crippen LogP contribution in [0.1, 0.15) is 60.8 Å². The van der Waals surface area contributed by atoms with Gasteiger partial charge in [-0.1, -0.05) is 19.0 Å². The molecule has 0 atom stereocenters. The van der Waals surface area contributed by atoms with E-state index in [2.05, 4.69) is 15.5 Å². The maximum absolute atomic E-state index is 13.1. The summed E-state index contributed by atoms with van der Waals surface area (Å²) in [6.07, 6.45) is 0.772. The first kappa shape index (κ1) is 18.3. The number of fused-ring (bicyclic) bond motifs is 1. The van der Waals surface area contributed by atoms with Gasteiger partial charge >= 0.3 is 5.97 Å². The van der Waals surface area contributed by atoms with E-state index in [1.165, 1.54) is 0 Å². The van der Waals surface area contributed by atoms with Crippen LogP contribution in [-0.4, -0.2) is 45.9 Å². The summed E-state index contributed by atoms with van der Waals surface area (Å²) >= 11 is 0. The summed E-state index contributed by atoms with van der Waals surface area (Å²) in [5, 5.41) is 16.7. The molecular weight excluding hydrogens is 338 g/mol. The van der Waals surface area contributed by atoms with E-state index in [4.69, 9.17) is 9.26 Å². The third-order valence-corrected chi connectivity index (χ3v) is 4.79. The lowest BCUT2D eigenvalue weighted by molar-refractivity contribution is -0.139. The molecule has 0 unspecified atom stereocenters. The van der Waals surface area contributed by atoms with E-state index in [1.807, 2.05) is 13.8 Å². The molecule has 1 amide bonds. The Kier molecular flexibility index (Phi) is 4.95. The van der Waals surface area contributed by atoms with Crippen LogP contribution in [0.3, 0.4) is 0 Å². The monoisotopic (exact) mass is 361 g/mol. The van der Waals surface area contributed by atoms with Crippen molar-refractivity contribution >= 4 is 23.0 Å². The van der Waals surface area contributed by atoms with E-state index >= 15 is 0 Å². The van der Waals surface area contributed by atoms with Gasteiger partial charge in [0.05, 0.1) is 28.6 Å². The van der Waals surface area contributed by atoms with Gasteiger partial charge in [0.1, 0.15) is 0 Å². The average molecular weight is 361 g/mol. The summed E-state index contributed by atoms with van der Waals surface area (Å²) in [5.74, 6) is -1.18. The van der Waals surface area contributed by atoms with Crippen molar-refractivity contribution in [2.75, 3.05) is 13.2 Å². The highest BCUT2D eigenvalue weighted by atomic mass is 16.5. The van der Waals surface area contributed by atoms with Crippen LogP contribution in [0.5, 0.6) is 0 Å². The molecule has 3 heterocycles. The molecular formula is C18H23N3O5. The van der Waals surface area contributed by atoms with E-state index < -0.39 is 11.5 Å². The maximum atomic E-state index is 13.1. The first-order chi connectivity index (χ1) is 12.3. The Morgan fingerprint density at radius 3 is 2.65 bits per heavy atom. The molecule has 2 aromatic rings. The van der Waals surface area contributed by atoms with E-state index in [0.29, 0.717) is 48.4 Å². The summed E-state index contributed by atoms with van der Waals surface area (Å²) in [4.78, 5) is 28.9. The number of carbonyl (C=O) groups is 2. The van der Waals surface area contributed by atoms with Gasteiger partial charge in [-0.05, 0) is 31.7 Å². The van der Waals surface area contributed by atoms with Crippen LogP contribution in [0.4, 0.5) is 0 Å². The summed E-state index contributed by atoms with van der Waals surface area (Å²) in [6, 6.07) is 1.74. The highest BCUT2D eigenvalue weighted by Gasteiger charge is 2.37. The number of hydrogen-bond acceptors (Lipinski definition) is 6. The Balaban J connectivity index is 2.00. The number of amides is 1. The second-order valence-electron chi connectivity index (χ2n) is 7.11. The molecule has 8 heteroatoms. The van der Waals surface area contributed by atoms with Gasteiger partial charge in [-0.2, -0.15) is 0 Å². The quantitative estimate of drug-likeness (QED) is 0.840. The number of carboxylic acid groups (broad SMARTS) is 1. The molecule has 0 aromatic carbocycles. The highest BCUT2D eigenvalue weighted by molar-refractivity contribution is 6.06. The molecule has 0 aliphatic carbocycles. The Morgan fingerprint density at radius 1 is 1.35 bits per heavy atom. The maximum Gasteiger partial charge on any atom is 0.305 e. The molecule has 0 bridgehead atoms. The van der Waals surface area contributed by atoms with Gasteiger partial charge in [0.15, 0.2) is 0 Å². The molecule has 140 valence electrons. The molecule has 1 saturated heterocycles. The molecule has 1 aliphatic rings. The van der Waals surface area contributed by atoms with E-state index in [0.717, 1.165) is 5.69 Å². The Morgan fingerprint density at radius 2 is 2.04 bits per heavy atom. The zero-order chi connectivity index (χ0) is 18.9. The minimum atomic E-state index is -0.948. The number of nitrogens with zero attached hydrogens (tertiary/aromatic N) is 2. The third kappa shape index (κ3) is 3.55. The molecule has 2 aromatic heterocycles. The summed E-state index contributed by atoms with van der Waals surface area (Å²) in [6.45, 7) is 6.54. The SMILES string of the molecule is Cc1noc2nc(C(C)C)cc(C(=O)NC3(CC(=O)O)CCOCC3)c12. The Bertz CT molecular complexity index is 837. The average Bonchev–Trinajstić information content (AvgIpc) is 2.95.